The lowest BCUT2D eigenvalue weighted by atomic mass is 10.3. The van der Waals surface area contributed by atoms with Crippen LogP contribution >= 0.6 is 15.9 Å². The van der Waals surface area contributed by atoms with Crippen LogP contribution in [0.25, 0.3) is 0 Å². The lowest BCUT2D eigenvalue weighted by Crippen LogP contribution is -2.46. The third-order valence-electron chi connectivity index (χ3n) is 3.96. The molecule has 2 aromatic carbocycles. The summed E-state index contributed by atoms with van der Waals surface area (Å²) in [7, 11) is -0.718. The number of likely N-dealkylation sites (N-methyl/N-ethyl adjacent to an activating group) is 1. The van der Waals surface area contributed by atoms with Crippen LogP contribution in [-0.4, -0.2) is 52.6 Å². The van der Waals surface area contributed by atoms with E-state index < -0.39 is 16.1 Å². The van der Waals surface area contributed by atoms with Gasteiger partial charge in [0.05, 0.1) is 24.6 Å². The molecule has 0 heterocycles. The van der Waals surface area contributed by atoms with E-state index in [2.05, 4.69) is 20.7 Å². The number of methoxy groups -OCH3 is 1. The molecule has 0 unspecified atom stereocenters. The number of halogens is 1. The van der Waals surface area contributed by atoms with Crippen molar-refractivity contribution in [1.82, 2.24) is 9.62 Å². The highest BCUT2D eigenvalue weighted by Crippen LogP contribution is 2.17. The third kappa shape index (κ3) is 6.22. The van der Waals surface area contributed by atoms with Gasteiger partial charge in [-0.1, -0.05) is 15.9 Å². The van der Waals surface area contributed by atoms with Crippen LogP contribution in [-0.2, 0) is 14.8 Å². The number of ether oxygens (including phenoxy) is 2. The maximum atomic E-state index is 12.5. The average Bonchev–Trinajstić information content (AvgIpc) is 2.68. The Labute approximate surface area is 173 Å². The van der Waals surface area contributed by atoms with Gasteiger partial charge in [-0.2, -0.15) is 4.72 Å². The summed E-state index contributed by atoms with van der Waals surface area (Å²) < 4.78 is 38.8. The number of amides is 1. The Hall–Kier alpha value is -2.10. The lowest BCUT2D eigenvalue weighted by molar-refractivity contribution is -0.131. The number of hydrogen-bond acceptors (Lipinski definition) is 5. The Bertz CT molecular complexity index is 886. The summed E-state index contributed by atoms with van der Waals surface area (Å²) in [5.41, 5.74) is 0. The molecule has 0 aliphatic rings. The van der Waals surface area contributed by atoms with Gasteiger partial charge in [-0.15, -0.1) is 0 Å². The van der Waals surface area contributed by atoms with Gasteiger partial charge in [0.15, 0.2) is 0 Å². The number of rotatable bonds is 9. The molecule has 28 heavy (non-hydrogen) atoms. The molecule has 0 aliphatic carbocycles. The maximum absolute atomic E-state index is 12.5. The van der Waals surface area contributed by atoms with Crippen molar-refractivity contribution in [3.05, 3.63) is 53.0 Å². The summed E-state index contributed by atoms with van der Waals surface area (Å²) in [6.45, 7) is 2.13. The highest BCUT2D eigenvalue weighted by molar-refractivity contribution is 9.10. The van der Waals surface area contributed by atoms with Gasteiger partial charge in [0.2, 0.25) is 15.9 Å². The van der Waals surface area contributed by atoms with Crippen LogP contribution in [0.4, 0.5) is 0 Å². The number of nitrogens with zero attached hydrogens (tertiary/aromatic N) is 1. The average molecular weight is 471 g/mol. The van der Waals surface area contributed by atoms with Gasteiger partial charge in [0.25, 0.3) is 0 Å². The number of sulfonamides is 1. The Balaban J connectivity index is 1.88. The zero-order chi connectivity index (χ0) is 20.7. The van der Waals surface area contributed by atoms with E-state index in [-0.39, 0.29) is 10.8 Å². The second kappa shape index (κ2) is 9.90. The summed E-state index contributed by atoms with van der Waals surface area (Å²) in [6.07, 6.45) is 0. The molecule has 0 bridgehead atoms. The van der Waals surface area contributed by atoms with Gasteiger partial charge in [-0.3, -0.25) is 4.79 Å². The molecule has 9 heteroatoms. The predicted molar refractivity (Wildman–Crippen MR) is 110 cm³/mol. The van der Waals surface area contributed by atoms with Crippen molar-refractivity contribution in [3.63, 3.8) is 0 Å². The van der Waals surface area contributed by atoms with Crippen LogP contribution in [0, 0.1) is 0 Å². The fourth-order valence-electron chi connectivity index (χ4n) is 2.38. The van der Waals surface area contributed by atoms with Crippen LogP contribution in [0.2, 0.25) is 0 Å². The number of carbonyl (C=O) groups excluding carboxylic acids is 1. The molecule has 0 spiro atoms. The van der Waals surface area contributed by atoms with E-state index in [1.165, 1.54) is 31.1 Å². The number of nitrogens with one attached hydrogen (secondary N) is 1. The molecule has 1 N–H and O–H groups in total. The Morgan fingerprint density at radius 3 is 2.25 bits per heavy atom. The highest BCUT2D eigenvalue weighted by Gasteiger charge is 2.24. The predicted octanol–water partition coefficient (Wildman–Crippen LogP) is 2.66. The molecule has 0 saturated carbocycles. The summed E-state index contributed by atoms with van der Waals surface area (Å²) >= 11 is 3.35. The third-order valence-corrected chi connectivity index (χ3v) is 6.04. The van der Waals surface area contributed by atoms with Crippen LogP contribution < -0.4 is 14.2 Å². The van der Waals surface area contributed by atoms with E-state index in [0.717, 1.165) is 4.47 Å². The zero-order valence-electron chi connectivity index (χ0n) is 15.9. The molecule has 0 aromatic heterocycles. The number of benzene rings is 2. The first-order valence-corrected chi connectivity index (χ1v) is 10.8. The molecule has 0 fully saturated rings. The van der Waals surface area contributed by atoms with Crippen molar-refractivity contribution in [2.24, 2.45) is 0 Å². The molecule has 1 atom stereocenters. The summed E-state index contributed by atoms with van der Waals surface area (Å²) in [6, 6.07) is 12.4. The van der Waals surface area contributed by atoms with Gasteiger partial charge >= 0.3 is 0 Å². The minimum atomic E-state index is -3.82. The first-order valence-electron chi connectivity index (χ1n) is 8.52. The van der Waals surface area contributed by atoms with Gasteiger partial charge in [-0.05, 0) is 55.5 Å². The molecule has 1 amide bonds. The van der Waals surface area contributed by atoms with Crippen LogP contribution in [0.15, 0.2) is 57.9 Å². The Kier molecular flexibility index (Phi) is 7.85. The van der Waals surface area contributed by atoms with Crippen molar-refractivity contribution < 1.29 is 22.7 Å². The fraction of sp³-hybridized carbons (Fsp3) is 0.316. The largest absolute Gasteiger partial charge is 0.497 e. The SMILES string of the molecule is COc1ccc(S(=O)(=O)N[C@@H](C)C(=O)N(C)CCOc2ccc(Br)cc2)cc1. The topological polar surface area (TPSA) is 84.9 Å². The highest BCUT2D eigenvalue weighted by atomic mass is 79.9. The maximum Gasteiger partial charge on any atom is 0.241 e. The van der Waals surface area contributed by atoms with E-state index in [9.17, 15) is 13.2 Å². The van der Waals surface area contributed by atoms with Crippen molar-refractivity contribution in [3.8, 4) is 11.5 Å². The number of carbonyl (C=O) groups is 1. The molecule has 2 rings (SSSR count). The van der Waals surface area contributed by atoms with E-state index in [1.807, 2.05) is 24.3 Å². The van der Waals surface area contributed by atoms with Crippen LogP contribution in [0.3, 0.4) is 0 Å². The second-order valence-electron chi connectivity index (χ2n) is 6.08. The smallest absolute Gasteiger partial charge is 0.241 e. The first-order chi connectivity index (χ1) is 13.2. The minimum absolute atomic E-state index is 0.0641. The molecule has 0 radical (unpaired) electrons. The molecule has 2 aromatic rings. The quantitative estimate of drug-likeness (QED) is 0.608. The van der Waals surface area contributed by atoms with E-state index in [4.69, 9.17) is 9.47 Å². The monoisotopic (exact) mass is 470 g/mol. The fourth-order valence-corrected chi connectivity index (χ4v) is 3.84. The molecular weight excluding hydrogens is 448 g/mol. The van der Waals surface area contributed by atoms with Gasteiger partial charge in [-0.25, -0.2) is 8.42 Å². The first kappa shape index (κ1) is 22.2. The van der Waals surface area contributed by atoms with Gasteiger partial charge in [0.1, 0.15) is 18.1 Å². The Morgan fingerprint density at radius 2 is 1.68 bits per heavy atom. The van der Waals surface area contributed by atoms with Crippen molar-refractivity contribution >= 4 is 31.9 Å². The molecule has 152 valence electrons. The molecule has 0 saturated heterocycles. The van der Waals surface area contributed by atoms with E-state index >= 15 is 0 Å². The normalized spacial score (nSPS) is 12.3. The second-order valence-corrected chi connectivity index (χ2v) is 8.71. The standard InChI is InChI=1S/C19H23BrN2O5S/c1-14(21-28(24,25)18-10-8-16(26-3)9-11-18)19(23)22(2)12-13-27-17-6-4-15(20)5-7-17/h4-11,14,21H,12-13H2,1-3H3/t14-/m0/s1. The lowest BCUT2D eigenvalue weighted by Gasteiger charge is -2.22. The molecule has 7 nitrogen and oxygen atoms in total. The van der Waals surface area contributed by atoms with Crippen LogP contribution in [0.1, 0.15) is 6.92 Å². The summed E-state index contributed by atoms with van der Waals surface area (Å²) in [4.78, 5) is 14.0. The van der Waals surface area contributed by atoms with Gasteiger partial charge in [0, 0.05) is 11.5 Å². The minimum Gasteiger partial charge on any atom is -0.497 e. The number of hydrogen-bond donors (Lipinski definition) is 1. The van der Waals surface area contributed by atoms with Crippen molar-refractivity contribution in [2.75, 3.05) is 27.3 Å². The zero-order valence-corrected chi connectivity index (χ0v) is 18.3. The molecule has 0 aliphatic heterocycles. The van der Waals surface area contributed by atoms with Crippen LogP contribution in [0.5, 0.6) is 11.5 Å². The van der Waals surface area contributed by atoms with E-state index in [1.54, 1.807) is 19.2 Å². The summed E-state index contributed by atoms with van der Waals surface area (Å²) in [5, 5.41) is 0. The van der Waals surface area contributed by atoms with Crippen molar-refractivity contribution in [2.45, 2.75) is 17.9 Å². The van der Waals surface area contributed by atoms with E-state index in [0.29, 0.717) is 24.7 Å². The molecular formula is C19H23BrN2O5S. The summed E-state index contributed by atoms with van der Waals surface area (Å²) in [5.74, 6) is 0.891. The van der Waals surface area contributed by atoms with Gasteiger partial charge < -0.3 is 14.4 Å². The Morgan fingerprint density at radius 1 is 1.11 bits per heavy atom. The van der Waals surface area contributed by atoms with Crippen molar-refractivity contribution in [1.29, 1.82) is 0 Å².